The number of ether oxygens (including phenoxy) is 1. The van der Waals surface area contributed by atoms with Gasteiger partial charge in [-0.3, -0.25) is 4.68 Å². The summed E-state index contributed by atoms with van der Waals surface area (Å²) in [6.07, 6.45) is 2.74. The molecule has 0 fully saturated rings. The van der Waals surface area contributed by atoms with Crippen molar-refractivity contribution >= 4 is 11.3 Å². The minimum Gasteiger partial charge on any atom is -0.493 e. The van der Waals surface area contributed by atoms with E-state index in [1.165, 1.54) is 10.4 Å². The molecule has 2 rings (SSSR count). The normalized spacial score (nSPS) is 12.9. The highest BCUT2D eigenvalue weighted by molar-refractivity contribution is 7.10. The molecule has 1 atom stereocenters. The minimum atomic E-state index is -0.185. The second kappa shape index (κ2) is 5.75. The zero-order chi connectivity index (χ0) is 14.0. The smallest absolute Gasteiger partial charge is 0.161 e. The molecular weight excluding hydrogens is 258 g/mol. The summed E-state index contributed by atoms with van der Waals surface area (Å²) in [5, 5.41) is 6.48. The first-order chi connectivity index (χ1) is 9.10. The molecule has 0 aliphatic carbocycles. The van der Waals surface area contributed by atoms with Gasteiger partial charge < -0.3 is 10.5 Å². The summed E-state index contributed by atoms with van der Waals surface area (Å²) in [5.74, 6) is 0.761. The number of aromatic nitrogens is 2. The van der Waals surface area contributed by atoms with Crippen molar-refractivity contribution in [3.8, 4) is 5.75 Å². The van der Waals surface area contributed by atoms with Crippen LogP contribution in [0, 0.1) is 0 Å². The molecule has 0 saturated heterocycles. The van der Waals surface area contributed by atoms with Crippen LogP contribution in [0.1, 0.15) is 49.0 Å². The number of thiophene rings is 1. The van der Waals surface area contributed by atoms with Crippen LogP contribution >= 0.6 is 11.3 Å². The van der Waals surface area contributed by atoms with Crippen molar-refractivity contribution in [3.63, 3.8) is 0 Å². The highest BCUT2D eigenvalue weighted by Crippen LogP contribution is 2.34. The van der Waals surface area contributed by atoms with Crippen LogP contribution < -0.4 is 10.5 Å². The first-order valence-corrected chi connectivity index (χ1v) is 7.41. The third-order valence-electron chi connectivity index (χ3n) is 3.25. The van der Waals surface area contributed by atoms with E-state index in [9.17, 15) is 0 Å². The number of rotatable bonds is 5. The Morgan fingerprint density at radius 2 is 2.21 bits per heavy atom. The van der Waals surface area contributed by atoms with Gasteiger partial charge in [0, 0.05) is 10.9 Å². The van der Waals surface area contributed by atoms with E-state index in [1.807, 2.05) is 4.68 Å². The molecule has 0 aromatic carbocycles. The Labute approximate surface area is 118 Å². The topological polar surface area (TPSA) is 53.1 Å². The number of hydrogen-bond donors (Lipinski definition) is 1. The van der Waals surface area contributed by atoms with Gasteiger partial charge in [-0.15, -0.1) is 11.3 Å². The molecule has 104 valence electrons. The Balaban J connectivity index is 2.48. The minimum absolute atomic E-state index is 0.185. The summed E-state index contributed by atoms with van der Waals surface area (Å²) in [5.41, 5.74) is 8.72. The summed E-state index contributed by atoms with van der Waals surface area (Å²) in [7, 11) is 1.66. The molecule has 2 aromatic heterocycles. The van der Waals surface area contributed by atoms with Crippen molar-refractivity contribution in [3.05, 3.63) is 33.8 Å². The van der Waals surface area contributed by atoms with Crippen molar-refractivity contribution in [2.24, 2.45) is 5.73 Å². The molecule has 4 nitrogen and oxygen atoms in total. The Morgan fingerprint density at radius 3 is 2.79 bits per heavy atom. The van der Waals surface area contributed by atoms with Crippen LogP contribution in [0.4, 0.5) is 0 Å². The van der Waals surface area contributed by atoms with E-state index >= 15 is 0 Å². The SMILES string of the molecule is CCc1ccsc1C(N)c1c(OC)cnn1C(C)C. The third kappa shape index (κ3) is 2.53. The molecule has 0 bridgehead atoms. The fourth-order valence-electron chi connectivity index (χ4n) is 2.26. The molecule has 5 heteroatoms. The lowest BCUT2D eigenvalue weighted by molar-refractivity contribution is 0.401. The Morgan fingerprint density at radius 1 is 1.47 bits per heavy atom. The summed E-state index contributed by atoms with van der Waals surface area (Å²) in [6.45, 7) is 6.34. The zero-order valence-corrected chi connectivity index (χ0v) is 12.7. The van der Waals surface area contributed by atoms with Crippen LogP contribution in [-0.2, 0) is 6.42 Å². The van der Waals surface area contributed by atoms with Gasteiger partial charge in [0.15, 0.2) is 5.75 Å². The molecule has 19 heavy (non-hydrogen) atoms. The van der Waals surface area contributed by atoms with Gasteiger partial charge >= 0.3 is 0 Å². The molecule has 1 unspecified atom stereocenters. The molecular formula is C14H21N3OS. The van der Waals surface area contributed by atoms with Gasteiger partial charge in [-0.2, -0.15) is 5.10 Å². The molecule has 0 aliphatic rings. The molecule has 2 N–H and O–H groups in total. The van der Waals surface area contributed by atoms with Crippen molar-refractivity contribution in [2.75, 3.05) is 7.11 Å². The standard InChI is InChI=1S/C14H21N3OS/c1-5-10-6-7-19-14(10)12(15)13-11(18-4)8-16-17(13)9(2)3/h6-9,12H,5,15H2,1-4H3. The van der Waals surface area contributed by atoms with Gasteiger partial charge in [0.1, 0.15) is 5.69 Å². The number of nitrogens with zero attached hydrogens (tertiary/aromatic N) is 2. The highest BCUT2D eigenvalue weighted by Gasteiger charge is 2.24. The fraction of sp³-hybridized carbons (Fsp3) is 0.500. The number of hydrogen-bond acceptors (Lipinski definition) is 4. The predicted octanol–water partition coefficient (Wildman–Crippen LogP) is 3.14. The van der Waals surface area contributed by atoms with Crippen LogP contribution in [0.5, 0.6) is 5.75 Å². The van der Waals surface area contributed by atoms with Crippen molar-refractivity contribution in [1.82, 2.24) is 9.78 Å². The molecule has 0 aliphatic heterocycles. The van der Waals surface area contributed by atoms with Crippen molar-refractivity contribution in [2.45, 2.75) is 39.3 Å². The number of aryl methyl sites for hydroxylation is 1. The monoisotopic (exact) mass is 279 g/mol. The molecule has 0 amide bonds. The molecule has 0 spiro atoms. The van der Waals surface area contributed by atoms with Gasteiger partial charge in [-0.05, 0) is 37.3 Å². The van der Waals surface area contributed by atoms with Crippen LogP contribution in [0.2, 0.25) is 0 Å². The van der Waals surface area contributed by atoms with Gasteiger partial charge in [-0.25, -0.2) is 0 Å². The first-order valence-electron chi connectivity index (χ1n) is 6.53. The van der Waals surface area contributed by atoms with Crippen LogP contribution in [-0.4, -0.2) is 16.9 Å². The van der Waals surface area contributed by atoms with E-state index in [2.05, 4.69) is 37.3 Å². The molecule has 0 saturated carbocycles. The summed E-state index contributed by atoms with van der Waals surface area (Å²) < 4.78 is 7.36. The lowest BCUT2D eigenvalue weighted by atomic mass is 10.1. The summed E-state index contributed by atoms with van der Waals surface area (Å²) in [6, 6.07) is 2.22. The maximum absolute atomic E-state index is 6.47. The van der Waals surface area contributed by atoms with E-state index < -0.39 is 0 Å². The molecule has 0 radical (unpaired) electrons. The Hall–Kier alpha value is -1.33. The van der Waals surface area contributed by atoms with Crippen molar-refractivity contribution < 1.29 is 4.74 Å². The summed E-state index contributed by atoms with van der Waals surface area (Å²) >= 11 is 1.70. The van der Waals surface area contributed by atoms with Gasteiger partial charge in [0.05, 0.1) is 19.3 Å². The van der Waals surface area contributed by atoms with Gasteiger partial charge in [0.2, 0.25) is 0 Å². The molecule has 2 heterocycles. The zero-order valence-electron chi connectivity index (χ0n) is 11.9. The average Bonchev–Trinajstić information content (AvgIpc) is 3.03. The third-order valence-corrected chi connectivity index (χ3v) is 4.29. The predicted molar refractivity (Wildman–Crippen MR) is 78.9 cm³/mol. The van der Waals surface area contributed by atoms with Crippen LogP contribution in [0.25, 0.3) is 0 Å². The second-order valence-corrected chi connectivity index (χ2v) is 5.73. The van der Waals surface area contributed by atoms with Crippen molar-refractivity contribution in [1.29, 1.82) is 0 Å². The number of methoxy groups -OCH3 is 1. The second-order valence-electron chi connectivity index (χ2n) is 4.78. The van der Waals surface area contributed by atoms with Gasteiger partial charge in [0.25, 0.3) is 0 Å². The van der Waals surface area contributed by atoms with Crippen LogP contribution in [0.15, 0.2) is 17.6 Å². The van der Waals surface area contributed by atoms with E-state index in [4.69, 9.17) is 10.5 Å². The quantitative estimate of drug-likeness (QED) is 0.914. The fourth-order valence-corrected chi connectivity index (χ4v) is 3.26. The molecule has 2 aromatic rings. The van der Waals surface area contributed by atoms with Gasteiger partial charge in [-0.1, -0.05) is 6.92 Å². The number of nitrogens with two attached hydrogens (primary N) is 1. The summed E-state index contributed by atoms with van der Waals surface area (Å²) in [4.78, 5) is 1.20. The lowest BCUT2D eigenvalue weighted by Crippen LogP contribution is -2.19. The maximum Gasteiger partial charge on any atom is 0.161 e. The highest BCUT2D eigenvalue weighted by atomic mass is 32.1. The lowest BCUT2D eigenvalue weighted by Gasteiger charge is -2.18. The van der Waals surface area contributed by atoms with E-state index in [0.29, 0.717) is 0 Å². The van der Waals surface area contributed by atoms with E-state index in [0.717, 1.165) is 17.9 Å². The Bertz CT molecular complexity index is 545. The largest absolute Gasteiger partial charge is 0.493 e. The maximum atomic E-state index is 6.47. The average molecular weight is 279 g/mol. The van der Waals surface area contributed by atoms with Crippen LogP contribution in [0.3, 0.4) is 0 Å². The van der Waals surface area contributed by atoms with E-state index in [1.54, 1.807) is 24.6 Å². The Kier molecular flexibility index (Phi) is 4.27. The first kappa shape index (κ1) is 14.1. The van der Waals surface area contributed by atoms with E-state index in [-0.39, 0.29) is 12.1 Å².